The number of amides is 1. The van der Waals surface area contributed by atoms with Crippen LogP contribution >= 0.6 is 27.5 Å². The molecule has 1 amide bonds. The minimum atomic E-state index is -0.00687. The summed E-state index contributed by atoms with van der Waals surface area (Å²) in [7, 11) is 0. The highest BCUT2D eigenvalue weighted by Gasteiger charge is 2.22. The van der Waals surface area contributed by atoms with Gasteiger partial charge in [-0.1, -0.05) is 11.6 Å². The van der Waals surface area contributed by atoms with Gasteiger partial charge in [0.15, 0.2) is 0 Å². The molecule has 1 aliphatic rings. The Bertz CT molecular complexity index is 654. The van der Waals surface area contributed by atoms with E-state index in [1.807, 2.05) is 17.0 Å². The monoisotopic (exact) mass is 380 g/mol. The van der Waals surface area contributed by atoms with Crippen LogP contribution in [0.15, 0.2) is 41.1 Å². The Morgan fingerprint density at radius 1 is 1.05 bits per heavy atom. The highest BCUT2D eigenvalue weighted by molar-refractivity contribution is 9.10. The number of pyridine rings is 2. The summed E-state index contributed by atoms with van der Waals surface area (Å²) < 4.78 is 0.959. The molecule has 0 spiro atoms. The quantitative estimate of drug-likeness (QED) is 0.751. The number of nitrogens with zero attached hydrogens (tertiary/aromatic N) is 4. The highest BCUT2D eigenvalue weighted by Crippen LogP contribution is 2.17. The summed E-state index contributed by atoms with van der Waals surface area (Å²) in [6.45, 7) is 2.86. The first-order valence-electron chi connectivity index (χ1n) is 6.91. The lowest BCUT2D eigenvalue weighted by atomic mass is 10.2. The summed E-state index contributed by atoms with van der Waals surface area (Å²) in [6, 6.07) is 7.29. The van der Waals surface area contributed by atoms with E-state index in [1.54, 1.807) is 18.3 Å². The summed E-state index contributed by atoms with van der Waals surface area (Å²) in [5.41, 5.74) is 0.569. The molecule has 1 fully saturated rings. The second kappa shape index (κ2) is 6.62. The van der Waals surface area contributed by atoms with Gasteiger partial charge in [0, 0.05) is 43.0 Å². The summed E-state index contributed by atoms with van der Waals surface area (Å²) in [5.74, 6) is 0.927. The van der Waals surface area contributed by atoms with Gasteiger partial charge in [-0.2, -0.15) is 0 Å². The van der Waals surface area contributed by atoms with Crippen LogP contribution in [-0.4, -0.2) is 47.0 Å². The molecule has 1 saturated heterocycles. The normalized spacial score (nSPS) is 15.0. The van der Waals surface area contributed by atoms with Crippen LogP contribution in [-0.2, 0) is 0 Å². The average molecular weight is 382 g/mol. The van der Waals surface area contributed by atoms with E-state index >= 15 is 0 Å². The molecule has 0 radical (unpaired) electrons. The van der Waals surface area contributed by atoms with E-state index in [9.17, 15) is 4.79 Å². The first kappa shape index (κ1) is 15.2. The molecule has 3 heterocycles. The van der Waals surface area contributed by atoms with Crippen LogP contribution in [0.3, 0.4) is 0 Å². The molecular formula is C15H14BrClN4O. The molecule has 7 heteroatoms. The average Bonchev–Trinajstić information content (AvgIpc) is 2.56. The number of hydrogen-bond acceptors (Lipinski definition) is 4. The number of hydrogen-bond donors (Lipinski definition) is 0. The molecule has 3 rings (SSSR count). The zero-order chi connectivity index (χ0) is 15.5. The SMILES string of the molecule is O=C(c1ccc(Cl)nc1)N1CCN(c2ccc(Br)cn2)CC1. The van der Waals surface area contributed by atoms with Crippen molar-refractivity contribution in [3.63, 3.8) is 0 Å². The van der Waals surface area contributed by atoms with Crippen molar-refractivity contribution in [3.05, 3.63) is 51.8 Å². The Morgan fingerprint density at radius 3 is 2.41 bits per heavy atom. The summed E-state index contributed by atoms with van der Waals surface area (Å²) in [5, 5.41) is 0.391. The smallest absolute Gasteiger partial charge is 0.255 e. The number of halogens is 2. The molecule has 0 N–H and O–H groups in total. The molecule has 5 nitrogen and oxygen atoms in total. The number of aromatic nitrogens is 2. The van der Waals surface area contributed by atoms with E-state index in [-0.39, 0.29) is 5.91 Å². The molecule has 0 atom stereocenters. The molecular weight excluding hydrogens is 368 g/mol. The van der Waals surface area contributed by atoms with Crippen molar-refractivity contribution in [1.29, 1.82) is 0 Å². The standard InChI is InChI=1S/C15H14BrClN4O/c16-12-2-4-14(19-10-12)20-5-7-21(8-6-20)15(22)11-1-3-13(17)18-9-11/h1-4,9-10H,5-8H2. The van der Waals surface area contributed by atoms with E-state index in [0.29, 0.717) is 23.8 Å². The van der Waals surface area contributed by atoms with Crippen molar-refractivity contribution in [2.24, 2.45) is 0 Å². The molecule has 114 valence electrons. The maximum atomic E-state index is 12.4. The maximum Gasteiger partial charge on any atom is 0.255 e. The van der Waals surface area contributed by atoms with E-state index in [0.717, 1.165) is 23.4 Å². The van der Waals surface area contributed by atoms with Crippen LogP contribution < -0.4 is 4.90 Å². The fraction of sp³-hybridized carbons (Fsp3) is 0.267. The molecule has 0 aliphatic carbocycles. The van der Waals surface area contributed by atoms with Crippen molar-refractivity contribution >= 4 is 39.3 Å². The molecule has 2 aromatic heterocycles. The van der Waals surface area contributed by atoms with Crippen molar-refractivity contribution in [3.8, 4) is 0 Å². The van der Waals surface area contributed by atoms with Crippen LogP contribution in [0.25, 0.3) is 0 Å². The summed E-state index contributed by atoms with van der Waals surface area (Å²) >= 11 is 9.13. The van der Waals surface area contributed by atoms with Crippen molar-refractivity contribution in [1.82, 2.24) is 14.9 Å². The molecule has 2 aromatic rings. The van der Waals surface area contributed by atoms with E-state index in [2.05, 4.69) is 30.8 Å². The van der Waals surface area contributed by atoms with Crippen LogP contribution in [0.5, 0.6) is 0 Å². The minimum Gasteiger partial charge on any atom is -0.353 e. The fourth-order valence-electron chi connectivity index (χ4n) is 2.38. The lowest BCUT2D eigenvalue weighted by Gasteiger charge is -2.35. The third kappa shape index (κ3) is 3.39. The second-order valence-electron chi connectivity index (χ2n) is 4.98. The zero-order valence-corrected chi connectivity index (χ0v) is 14.1. The van der Waals surface area contributed by atoms with Crippen molar-refractivity contribution in [2.75, 3.05) is 31.1 Å². The topological polar surface area (TPSA) is 49.3 Å². The van der Waals surface area contributed by atoms with Gasteiger partial charge in [0.1, 0.15) is 11.0 Å². The highest BCUT2D eigenvalue weighted by atomic mass is 79.9. The predicted octanol–water partition coefficient (Wildman–Crippen LogP) is 2.85. The zero-order valence-electron chi connectivity index (χ0n) is 11.7. The van der Waals surface area contributed by atoms with Gasteiger partial charge in [0.05, 0.1) is 5.56 Å². The Morgan fingerprint density at radius 2 is 1.82 bits per heavy atom. The number of rotatable bonds is 2. The first-order valence-corrected chi connectivity index (χ1v) is 8.08. The van der Waals surface area contributed by atoms with Crippen LogP contribution in [0, 0.1) is 0 Å². The molecule has 1 aliphatic heterocycles. The van der Waals surface area contributed by atoms with E-state index in [4.69, 9.17) is 11.6 Å². The Hall–Kier alpha value is -1.66. The first-order chi connectivity index (χ1) is 10.6. The molecule has 0 bridgehead atoms. The lowest BCUT2D eigenvalue weighted by molar-refractivity contribution is 0.0746. The van der Waals surface area contributed by atoms with Gasteiger partial charge in [0.25, 0.3) is 5.91 Å². The summed E-state index contributed by atoms with van der Waals surface area (Å²) in [4.78, 5) is 24.8. The van der Waals surface area contributed by atoms with Crippen molar-refractivity contribution < 1.29 is 4.79 Å². The van der Waals surface area contributed by atoms with Crippen molar-refractivity contribution in [2.45, 2.75) is 0 Å². The Balaban J connectivity index is 1.62. The number of carbonyl (C=O) groups is 1. The van der Waals surface area contributed by atoms with Gasteiger partial charge in [0.2, 0.25) is 0 Å². The number of piperazine rings is 1. The Kier molecular flexibility index (Phi) is 4.59. The molecule has 0 saturated carbocycles. The third-order valence-corrected chi connectivity index (χ3v) is 4.27. The number of anilines is 1. The molecule has 0 aromatic carbocycles. The molecule has 0 unspecified atom stereocenters. The second-order valence-corrected chi connectivity index (χ2v) is 6.29. The largest absolute Gasteiger partial charge is 0.353 e. The van der Waals surface area contributed by atoms with Gasteiger partial charge in [-0.25, -0.2) is 9.97 Å². The van der Waals surface area contributed by atoms with Gasteiger partial charge in [-0.15, -0.1) is 0 Å². The third-order valence-electron chi connectivity index (χ3n) is 3.58. The lowest BCUT2D eigenvalue weighted by Crippen LogP contribution is -2.49. The van der Waals surface area contributed by atoms with Crippen LogP contribution in [0.2, 0.25) is 5.15 Å². The minimum absolute atomic E-state index is 0.00687. The fourth-order valence-corrected chi connectivity index (χ4v) is 2.72. The van der Waals surface area contributed by atoms with Crippen LogP contribution in [0.4, 0.5) is 5.82 Å². The Labute approximate surface area is 142 Å². The predicted molar refractivity (Wildman–Crippen MR) is 89.3 cm³/mol. The van der Waals surface area contributed by atoms with Gasteiger partial charge >= 0.3 is 0 Å². The number of carbonyl (C=O) groups excluding carboxylic acids is 1. The van der Waals surface area contributed by atoms with E-state index in [1.165, 1.54) is 6.20 Å². The molecule has 22 heavy (non-hydrogen) atoms. The summed E-state index contributed by atoms with van der Waals surface area (Å²) in [6.07, 6.45) is 3.31. The van der Waals surface area contributed by atoms with Gasteiger partial charge in [-0.05, 0) is 40.2 Å². The maximum absolute atomic E-state index is 12.4. The van der Waals surface area contributed by atoms with Gasteiger partial charge in [-0.3, -0.25) is 4.79 Å². The van der Waals surface area contributed by atoms with Gasteiger partial charge < -0.3 is 9.80 Å². The van der Waals surface area contributed by atoms with Crippen LogP contribution in [0.1, 0.15) is 10.4 Å². The van der Waals surface area contributed by atoms with E-state index < -0.39 is 0 Å².